The van der Waals surface area contributed by atoms with Crippen LogP contribution in [0.3, 0.4) is 0 Å². The zero-order valence-electron chi connectivity index (χ0n) is 11.3. The molecule has 0 aliphatic rings. The molecule has 3 aromatic heterocycles. The molecule has 3 heterocycles. The van der Waals surface area contributed by atoms with Gasteiger partial charge in [-0.2, -0.15) is 5.10 Å². The Hall–Kier alpha value is -2.06. The Bertz CT molecular complexity index is 795. The number of rotatable bonds is 4. The number of thiazole rings is 1. The molecule has 8 heteroatoms. The largest absolute Gasteiger partial charge is 0.397 e. The van der Waals surface area contributed by atoms with Gasteiger partial charge in [0.1, 0.15) is 9.71 Å². The molecule has 0 saturated carbocycles. The second-order valence-electron chi connectivity index (χ2n) is 4.48. The van der Waals surface area contributed by atoms with Crippen molar-refractivity contribution < 1.29 is 4.79 Å². The monoisotopic (exact) mass is 319 g/mol. The van der Waals surface area contributed by atoms with E-state index < -0.39 is 0 Å². The average Bonchev–Trinajstić information content (AvgIpc) is 3.03. The van der Waals surface area contributed by atoms with Gasteiger partial charge in [0.25, 0.3) is 5.91 Å². The summed E-state index contributed by atoms with van der Waals surface area (Å²) in [6.45, 7) is 2.49. The van der Waals surface area contributed by atoms with Crippen LogP contribution in [0.1, 0.15) is 20.4 Å². The number of hydrogen-bond donors (Lipinski definition) is 2. The van der Waals surface area contributed by atoms with Gasteiger partial charge < -0.3 is 11.1 Å². The van der Waals surface area contributed by atoms with Crippen LogP contribution in [0.4, 0.5) is 5.69 Å². The van der Waals surface area contributed by atoms with Crippen molar-refractivity contribution >= 4 is 44.5 Å². The molecule has 0 aromatic carbocycles. The molecule has 21 heavy (non-hydrogen) atoms. The summed E-state index contributed by atoms with van der Waals surface area (Å²) in [7, 11) is 0. The highest BCUT2D eigenvalue weighted by atomic mass is 32.1. The number of hydrogen-bond acceptors (Lipinski definition) is 7. The van der Waals surface area contributed by atoms with Crippen molar-refractivity contribution in [1.29, 1.82) is 0 Å². The highest BCUT2D eigenvalue weighted by molar-refractivity contribution is 7.21. The Morgan fingerprint density at radius 2 is 2.33 bits per heavy atom. The zero-order valence-corrected chi connectivity index (χ0v) is 12.9. The molecule has 0 aliphatic carbocycles. The van der Waals surface area contributed by atoms with Gasteiger partial charge in [-0.25, -0.2) is 4.98 Å². The highest BCUT2D eigenvalue weighted by Crippen LogP contribution is 2.31. The van der Waals surface area contributed by atoms with Crippen molar-refractivity contribution in [2.24, 2.45) is 0 Å². The van der Waals surface area contributed by atoms with E-state index in [1.807, 2.05) is 12.3 Å². The van der Waals surface area contributed by atoms with E-state index in [1.165, 1.54) is 11.3 Å². The van der Waals surface area contributed by atoms with Crippen LogP contribution >= 0.6 is 22.7 Å². The summed E-state index contributed by atoms with van der Waals surface area (Å²) in [5, 5.41) is 14.4. The third-order valence-electron chi connectivity index (χ3n) is 2.92. The van der Waals surface area contributed by atoms with Crippen LogP contribution in [-0.2, 0) is 6.42 Å². The summed E-state index contributed by atoms with van der Waals surface area (Å²) in [6.07, 6.45) is 2.28. The van der Waals surface area contributed by atoms with Crippen LogP contribution in [0.5, 0.6) is 0 Å². The Balaban J connectivity index is 1.68. The van der Waals surface area contributed by atoms with Crippen LogP contribution in [0, 0.1) is 6.92 Å². The van der Waals surface area contributed by atoms with Crippen molar-refractivity contribution in [2.75, 3.05) is 12.3 Å². The Morgan fingerprint density at radius 1 is 1.48 bits per heavy atom. The summed E-state index contributed by atoms with van der Waals surface area (Å²) < 4.78 is 0. The zero-order chi connectivity index (χ0) is 14.8. The van der Waals surface area contributed by atoms with Gasteiger partial charge >= 0.3 is 0 Å². The molecule has 0 unspecified atom stereocenters. The molecule has 0 aliphatic heterocycles. The summed E-state index contributed by atoms with van der Waals surface area (Å²) >= 11 is 2.86. The molecule has 108 valence electrons. The maximum atomic E-state index is 12.2. The number of aryl methyl sites for hydroxylation is 1. The third kappa shape index (κ3) is 2.86. The van der Waals surface area contributed by atoms with Crippen molar-refractivity contribution in [3.63, 3.8) is 0 Å². The smallest absolute Gasteiger partial charge is 0.263 e. The van der Waals surface area contributed by atoms with E-state index in [0.29, 0.717) is 21.9 Å². The number of nitrogens with two attached hydrogens (primary N) is 1. The third-order valence-corrected chi connectivity index (χ3v) is 5.05. The first-order valence-electron chi connectivity index (χ1n) is 6.34. The van der Waals surface area contributed by atoms with Gasteiger partial charge in [-0.15, -0.1) is 27.8 Å². The molecule has 0 saturated heterocycles. The van der Waals surface area contributed by atoms with E-state index >= 15 is 0 Å². The molecule has 0 radical (unpaired) electrons. The van der Waals surface area contributed by atoms with Crippen molar-refractivity contribution in [3.05, 3.63) is 33.2 Å². The SMILES string of the molecule is Cc1csc(CCNC(=O)c2sc3nnccc3c2N)n1. The average molecular weight is 319 g/mol. The lowest BCUT2D eigenvalue weighted by Crippen LogP contribution is -2.25. The highest BCUT2D eigenvalue weighted by Gasteiger charge is 2.16. The first kappa shape index (κ1) is 13.9. The van der Waals surface area contributed by atoms with Crippen LogP contribution in [0.2, 0.25) is 0 Å². The van der Waals surface area contributed by atoms with E-state index in [2.05, 4.69) is 20.5 Å². The lowest BCUT2D eigenvalue weighted by atomic mass is 10.3. The fraction of sp³-hybridized carbons (Fsp3) is 0.231. The lowest BCUT2D eigenvalue weighted by molar-refractivity contribution is 0.0959. The normalized spacial score (nSPS) is 10.9. The molecule has 3 rings (SSSR count). The molecule has 0 atom stereocenters. The Labute approximate surface area is 129 Å². The number of amides is 1. The predicted molar refractivity (Wildman–Crippen MR) is 84.7 cm³/mol. The molecule has 0 bridgehead atoms. The predicted octanol–water partition coefficient (Wildman–Crippen LogP) is 2.01. The molecular formula is C13H13N5OS2. The first-order chi connectivity index (χ1) is 10.1. The molecular weight excluding hydrogens is 306 g/mol. The summed E-state index contributed by atoms with van der Waals surface area (Å²) in [4.78, 5) is 17.7. The summed E-state index contributed by atoms with van der Waals surface area (Å²) in [6, 6.07) is 1.77. The van der Waals surface area contributed by atoms with Gasteiger partial charge in [0.2, 0.25) is 0 Å². The fourth-order valence-electron chi connectivity index (χ4n) is 1.92. The van der Waals surface area contributed by atoms with Gasteiger partial charge in [0.15, 0.2) is 0 Å². The van der Waals surface area contributed by atoms with E-state index in [1.54, 1.807) is 23.6 Å². The second-order valence-corrected chi connectivity index (χ2v) is 6.43. The fourth-order valence-corrected chi connectivity index (χ4v) is 3.65. The second kappa shape index (κ2) is 5.74. The van der Waals surface area contributed by atoms with E-state index in [9.17, 15) is 4.79 Å². The van der Waals surface area contributed by atoms with Gasteiger partial charge in [-0.05, 0) is 13.0 Å². The quantitative estimate of drug-likeness (QED) is 0.767. The number of nitrogen functional groups attached to an aromatic ring is 1. The molecule has 0 spiro atoms. The lowest BCUT2D eigenvalue weighted by Gasteiger charge is -2.02. The van der Waals surface area contributed by atoms with Crippen LogP contribution < -0.4 is 11.1 Å². The van der Waals surface area contributed by atoms with Crippen molar-refractivity contribution in [1.82, 2.24) is 20.5 Å². The molecule has 0 fully saturated rings. The number of aromatic nitrogens is 3. The van der Waals surface area contributed by atoms with Gasteiger partial charge in [0, 0.05) is 29.4 Å². The minimum absolute atomic E-state index is 0.177. The van der Waals surface area contributed by atoms with Gasteiger partial charge in [-0.1, -0.05) is 0 Å². The summed E-state index contributed by atoms with van der Waals surface area (Å²) in [5.74, 6) is -0.177. The molecule has 3 N–H and O–H groups in total. The molecule has 3 aromatic rings. The van der Waals surface area contributed by atoms with Gasteiger partial charge in [0.05, 0.1) is 16.9 Å². The van der Waals surface area contributed by atoms with Crippen LogP contribution in [0.15, 0.2) is 17.6 Å². The number of anilines is 1. The van der Waals surface area contributed by atoms with E-state index in [4.69, 9.17) is 5.73 Å². The Morgan fingerprint density at radius 3 is 3.05 bits per heavy atom. The number of thiophene rings is 1. The van der Waals surface area contributed by atoms with Crippen molar-refractivity contribution in [2.45, 2.75) is 13.3 Å². The standard InChI is InChI=1S/C13H13N5OS2/c1-7-6-20-9(17-7)3-4-15-12(19)11-10(14)8-2-5-16-18-13(8)21-11/h2,5-6H,3-4,14H2,1H3,(H,15,19). The molecule has 1 amide bonds. The maximum absolute atomic E-state index is 12.2. The minimum Gasteiger partial charge on any atom is -0.397 e. The first-order valence-corrected chi connectivity index (χ1v) is 8.03. The minimum atomic E-state index is -0.177. The summed E-state index contributed by atoms with van der Waals surface area (Å²) in [5.41, 5.74) is 7.47. The number of nitrogens with zero attached hydrogens (tertiary/aromatic N) is 3. The van der Waals surface area contributed by atoms with Crippen LogP contribution in [-0.4, -0.2) is 27.6 Å². The van der Waals surface area contributed by atoms with Gasteiger partial charge in [-0.3, -0.25) is 4.79 Å². The number of carbonyl (C=O) groups excluding carboxylic acids is 1. The molecule has 6 nitrogen and oxygen atoms in total. The van der Waals surface area contributed by atoms with E-state index in [0.717, 1.165) is 22.5 Å². The maximum Gasteiger partial charge on any atom is 0.263 e. The number of nitrogens with one attached hydrogen (secondary N) is 1. The number of fused-ring (bicyclic) bond motifs is 1. The number of carbonyl (C=O) groups is 1. The van der Waals surface area contributed by atoms with Crippen molar-refractivity contribution in [3.8, 4) is 0 Å². The van der Waals surface area contributed by atoms with Crippen LogP contribution in [0.25, 0.3) is 10.2 Å². The topological polar surface area (TPSA) is 93.8 Å². The Kier molecular flexibility index (Phi) is 3.80. The van der Waals surface area contributed by atoms with E-state index in [-0.39, 0.29) is 5.91 Å².